The summed E-state index contributed by atoms with van der Waals surface area (Å²) in [6.45, 7) is 3.63. The van der Waals surface area contributed by atoms with Crippen molar-refractivity contribution in [2.24, 2.45) is 0 Å². The molecule has 140 valence electrons. The second-order valence-electron chi connectivity index (χ2n) is 6.76. The van der Waals surface area contributed by atoms with Gasteiger partial charge in [0, 0.05) is 41.4 Å². The Balaban J connectivity index is 1.75. The lowest BCUT2D eigenvalue weighted by Crippen LogP contribution is -2.32. The highest BCUT2D eigenvalue weighted by molar-refractivity contribution is 5.89. The maximum Gasteiger partial charge on any atom is 0.316 e. The van der Waals surface area contributed by atoms with Crippen LogP contribution in [0.5, 0.6) is 5.75 Å². The van der Waals surface area contributed by atoms with Gasteiger partial charge < -0.3 is 19.4 Å². The Labute approximate surface area is 158 Å². The van der Waals surface area contributed by atoms with Crippen LogP contribution in [0.1, 0.15) is 24.1 Å². The minimum absolute atomic E-state index is 0.180. The number of methoxy groups -OCH3 is 1. The van der Waals surface area contributed by atoms with E-state index in [2.05, 4.69) is 28.1 Å². The van der Waals surface area contributed by atoms with Crippen molar-refractivity contribution in [3.8, 4) is 5.75 Å². The number of nitrogens with one attached hydrogen (secondary N) is 1. The summed E-state index contributed by atoms with van der Waals surface area (Å²) >= 11 is 0. The van der Waals surface area contributed by atoms with Crippen LogP contribution in [0.25, 0.3) is 10.9 Å². The van der Waals surface area contributed by atoms with Crippen molar-refractivity contribution in [3.05, 3.63) is 59.8 Å². The molecule has 0 radical (unpaired) electrons. The van der Waals surface area contributed by atoms with Crippen LogP contribution in [0, 0.1) is 0 Å². The number of rotatable bonds is 4. The number of hydrogen-bond donors (Lipinski definition) is 1. The van der Waals surface area contributed by atoms with Crippen LogP contribution in [0.2, 0.25) is 0 Å². The van der Waals surface area contributed by atoms with Crippen LogP contribution in [0.15, 0.2) is 48.5 Å². The summed E-state index contributed by atoms with van der Waals surface area (Å²) < 4.78 is 10.8. The van der Waals surface area contributed by atoms with Crippen LogP contribution in [-0.2, 0) is 16.0 Å². The Morgan fingerprint density at radius 3 is 2.89 bits per heavy atom. The maximum atomic E-state index is 12.8. The average Bonchev–Trinajstić information content (AvgIpc) is 2.95. The van der Waals surface area contributed by atoms with Gasteiger partial charge in [-0.05, 0) is 37.1 Å². The molecular weight excluding hydrogens is 340 g/mol. The number of hydrogen-bond acceptors (Lipinski definition) is 4. The van der Waals surface area contributed by atoms with Gasteiger partial charge in [-0.1, -0.05) is 24.3 Å². The number of benzene rings is 2. The molecule has 0 saturated carbocycles. The zero-order chi connectivity index (χ0) is 18.8. The van der Waals surface area contributed by atoms with Gasteiger partial charge in [-0.2, -0.15) is 0 Å². The molecule has 0 aliphatic carbocycles. The van der Waals surface area contributed by atoms with E-state index >= 15 is 0 Å². The summed E-state index contributed by atoms with van der Waals surface area (Å²) in [4.78, 5) is 18.5. The lowest BCUT2D eigenvalue weighted by Gasteiger charge is -2.26. The zero-order valence-electron chi connectivity index (χ0n) is 15.7. The van der Waals surface area contributed by atoms with Crippen LogP contribution in [0.4, 0.5) is 5.69 Å². The predicted molar refractivity (Wildman–Crippen MR) is 107 cm³/mol. The van der Waals surface area contributed by atoms with Gasteiger partial charge >= 0.3 is 5.97 Å². The van der Waals surface area contributed by atoms with Crippen LogP contribution in [0.3, 0.4) is 0 Å². The molecule has 0 bridgehead atoms. The first-order valence-electron chi connectivity index (χ1n) is 9.36. The Hall–Kier alpha value is -2.95. The van der Waals surface area contributed by atoms with Crippen molar-refractivity contribution in [1.82, 2.24) is 4.98 Å². The number of ether oxygens (including phenoxy) is 2. The van der Waals surface area contributed by atoms with Crippen molar-refractivity contribution in [2.75, 3.05) is 31.7 Å². The van der Waals surface area contributed by atoms with Gasteiger partial charge in [-0.3, -0.25) is 4.79 Å². The van der Waals surface area contributed by atoms with E-state index in [1.54, 1.807) is 7.11 Å². The molecule has 1 atom stereocenters. The first-order chi connectivity index (χ1) is 13.2. The molecule has 2 aromatic carbocycles. The Morgan fingerprint density at radius 1 is 1.22 bits per heavy atom. The number of aromatic nitrogens is 1. The minimum Gasteiger partial charge on any atom is -0.497 e. The Bertz CT molecular complexity index is 963. The van der Waals surface area contributed by atoms with Gasteiger partial charge in [0.05, 0.1) is 13.7 Å². The summed E-state index contributed by atoms with van der Waals surface area (Å²) in [5.74, 6) is 0.287. The smallest absolute Gasteiger partial charge is 0.316 e. The van der Waals surface area contributed by atoms with Crippen molar-refractivity contribution in [1.29, 1.82) is 0 Å². The molecule has 5 heteroatoms. The van der Waals surface area contributed by atoms with Gasteiger partial charge in [0.2, 0.25) is 0 Å². The van der Waals surface area contributed by atoms with E-state index in [-0.39, 0.29) is 11.9 Å². The van der Waals surface area contributed by atoms with Gasteiger partial charge in [-0.15, -0.1) is 0 Å². The van der Waals surface area contributed by atoms with Crippen molar-refractivity contribution in [3.63, 3.8) is 0 Å². The number of aromatic amines is 1. The van der Waals surface area contributed by atoms with Crippen molar-refractivity contribution >= 4 is 22.6 Å². The SMILES string of the molecule is CCOC(=O)C1CN(c2cccc(OC)c2)CCc2c1[nH]c1ccccc21. The minimum atomic E-state index is -0.346. The number of esters is 1. The van der Waals surface area contributed by atoms with Crippen LogP contribution >= 0.6 is 0 Å². The summed E-state index contributed by atoms with van der Waals surface area (Å²) in [7, 11) is 1.67. The summed E-state index contributed by atoms with van der Waals surface area (Å²) in [5.41, 5.74) is 4.33. The maximum absolute atomic E-state index is 12.8. The number of fused-ring (bicyclic) bond motifs is 3. The standard InChI is InChI=1S/C22H24N2O3/c1-3-27-22(25)19-14-24(15-7-6-8-16(13-15)26-2)12-11-18-17-9-4-5-10-20(17)23-21(18)19/h4-10,13,19,23H,3,11-12,14H2,1-2H3. The molecule has 0 amide bonds. The topological polar surface area (TPSA) is 54.6 Å². The molecule has 1 aliphatic rings. The fraction of sp³-hybridized carbons (Fsp3) is 0.318. The third-order valence-electron chi connectivity index (χ3n) is 5.22. The van der Waals surface area contributed by atoms with Gasteiger partial charge in [0.25, 0.3) is 0 Å². The molecule has 4 rings (SSSR count). The Kier molecular flexibility index (Phi) is 4.75. The molecule has 1 N–H and O–H groups in total. The van der Waals surface area contributed by atoms with E-state index in [0.717, 1.165) is 35.6 Å². The number of carbonyl (C=O) groups excluding carboxylic acids is 1. The number of H-pyrrole nitrogens is 1. The number of carbonyl (C=O) groups is 1. The highest BCUT2D eigenvalue weighted by Crippen LogP contribution is 2.34. The van der Waals surface area contributed by atoms with Gasteiger partial charge in [0.15, 0.2) is 0 Å². The number of para-hydroxylation sites is 1. The number of anilines is 1. The lowest BCUT2D eigenvalue weighted by molar-refractivity contribution is -0.144. The largest absolute Gasteiger partial charge is 0.497 e. The average molecular weight is 364 g/mol. The monoisotopic (exact) mass is 364 g/mol. The van der Waals surface area contributed by atoms with E-state index in [0.29, 0.717) is 13.2 Å². The normalized spacial score (nSPS) is 16.7. The van der Waals surface area contributed by atoms with Crippen molar-refractivity contribution in [2.45, 2.75) is 19.3 Å². The predicted octanol–water partition coefficient (Wildman–Crippen LogP) is 3.89. The fourth-order valence-electron chi connectivity index (χ4n) is 3.91. The number of nitrogens with zero attached hydrogens (tertiary/aromatic N) is 1. The van der Waals surface area contributed by atoms with E-state index in [1.807, 2.05) is 37.3 Å². The van der Waals surface area contributed by atoms with Crippen molar-refractivity contribution < 1.29 is 14.3 Å². The molecule has 2 heterocycles. The zero-order valence-corrected chi connectivity index (χ0v) is 15.7. The lowest BCUT2D eigenvalue weighted by atomic mass is 10.00. The van der Waals surface area contributed by atoms with Gasteiger partial charge in [-0.25, -0.2) is 0 Å². The molecule has 27 heavy (non-hydrogen) atoms. The second-order valence-corrected chi connectivity index (χ2v) is 6.76. The molecule has 0 fully saturated rings. The second kappa shape index (κ2) is 7.35. The summed E-state index contributed by atoms with van der Waals surface area (Å²) in [5, 5.41) is 1.19. The Morgan fingerprint density at radius 2 is 2.07 bits per heavy atom. The van der Waals surface area contributed by atoms with Crippen LogP contribution in [-0.4, -0.2) is 37.8 Å². The van der Waals surface area contributed by atoms with E-state index in [4.69, 9.17) is 9.47 Å². The van der Waals surface area contributed by atoms with E-state index < -0.39 is 0 Å². The first-order valence-corrected chi connectivity index (χ1v) is 9.36. The molecule has 0 saturated heterocycles. The molecule has 5 nitrogen and oxygen atoms in total. The van der Waals surface area contributed by atoms with Gasteiger partial charge in [0.1, 0.15) is 11.7 Å². The summed E-state index contributed by atoms with van der Waals surface area (Å²) in [6.07, 6.45) is 0.868. The molecular formula is C22H24N2O3. The highest BCUT2D eigenvalue weighted by atomic mass is 16.5. The third kappa shape index (κ3) is 3.25. The third-order valence-corrected chi connectivity index (χ3v) is 5.22. The van der Waals surface area contributed by atoms with E-state index in [1.165, 1.54) is 10.9 Å². The molecule has 1 aromatic heterocycles. The molecule has 0 spiro atoms. The van der Waals surface area contributed by atoms with E-state index in [9.17, 15) is 4.79 Å². The molecule has 3 aromatic rings. The fourth-order valence-corrected chi connectivity index (χ4v) is 3.91. The highest BCUT2D eigenvalue weighted by Gasteiger charge is 2.32. The van der Waals surface area contributed by atoms with Crippen LogP contribution < -0.4 is 9.64 Å². The quantitative estimate of drug-likeness (QED) is 0.714. The molecule has 1 unspecified atom stereocenters. The summed E-state index contributed by atoms with van der Waals surface area (Å²) in [6, 6.07) is 16.2. The molecule has 1 aliphatic heterocycles. The first kappa shape index (κ1) is 17.5.